The first kappa shape index (κ1) is 12.8. The molecule has 2 aromatic rings. The largest absolute Gasteiger partial charge is 0.379 e. The molecule has 0 bridgehead atoms. The first-order valence-electron chi connectivity index (χ1n) is 5.50. The Bertz CT molecular complexity index is 518. The lowest BCUT2D eigenvalue weighted by Crippen LogP contribution is -2.02. The van der Waals surface area contributed by atoms with E-state index in [1.165, 1.54) is 12.1 Å². The first-order valence-corrected chi connectivity index (χ1v) is 5.88. The van der Waals surface area contributed by atoms with Crippen molar-refractivity contribution in [3.8, 4) is 0 Å². The summed E-state index contributed by atoms with van der Waals surface area (Å²) in [5.74, 6) is -1.20. The zero-order valence-corrected chi connectivity index (χ0v) is 10.6. The van der Waals surface area contributed by atoms with E-state index in [1.807, 2.05) is 25.1 Å². The summed E-state index contributed by atoms with van der Waals surface area (Å²) in [4.78, 5) is 0. The SMILES string of the molecule is Cc1ccc(CNc2ccc(F)cc2F)c(Cl)c1. The standard InChI is InChI=1S/C14H12ClF2N/c1-9-2-3-10(12(15)6-9)8-18-14-5-4-11(16)7-13(14)17/h2-7,18H,8H2,1H3. The van der Waals surface area contributed by atoms with Crippen LogP contribution in [0.15, 0.2) is 36.4 Å². The molecule has 4 heteroatoms. The zero-order chi connectivity index (χ0) is 13.1. The van der Waals surface area contributed by atoms with E-state index in [1.54, 1.807) is 0 Å². The highest BCUT2D eigenvalue weighted by molar-refractivity contribution is 6.31. The molecule has 2 aromatic carbocycles. The monoisotopic (exact) mass is 267 g/mol. The number of nitrogens with one attached hydrogen (secondary N) is 1. The van der Waals surface area contributed by atoms with Crippen LogP contribution >= 0.6 is 11.6 Å². The van der Waals surface area contributed by atoms with Crippen molar-refractivity contribution in [2.75, 3.05) is 5.32 Å². The number of halogens is 3. The van der Waals surface area contributed by atoms with Crippen molar-refractivity contribution in [1.82, 2.24) is 0 Å². The Kier molecular flexibility index (Phi) is 3.82. The van der Waals surface area contributed by atoms with Crippen LogP contribution in [-0.2, 0) is 6.54 Å². The Hall–Kier alpha value is -1.61. The molecule has 0 aliphatic heterocycles. The molecule has 1 nitrogen and oxygen atoms in total. The lowest BCUT2D eigenvalue weighted by molar-refractivity contribution is 0.585. The fourth-order valence-electron chi connectivity index (χ4n) is 1.62. The van der Waals surface area contributed by atoms with Gasteiger partial charge in [0.25, 0.3) is 0 Å². The van der Waals surface area contributed by atoms with Gasteiger partial charge in [0.2, 0.25) is 0 Å². The zero-order valence-electron chi connectivity index (χ0n) is 9.81. The summed E-state index contributed by atoms with van der Waals surface area (Å²) >= 11 is 6.07. The molecule has 2 rings (SSSR count). The van der Waals surface area contributed by atoms with Crippen LogP contribution in [0, 0.1) is 18.6 Å². The third-order valence-electron chi connectivity index (χ3n) is 2.61. The Labute approximate surface area is 109 Å². The van der Waals surface area contributed by atoms with Crippen molar-refractivity contribution in [3.05, 3.63) is 64.2 Å². The minimum atomic E-state index is -0.613. The smallest absolute Gasteiger partial charge is 0.149 e. The van der Waals surface area contributed by atoms with Crippen LogP contribution in [0.4, 0.5) is 14.5 Å². The molecular formula is C14H12ClF2N. The van der Waals surface area contributed by atoms with Gasteiger partial charge in [0.1, 0.15) is 11.6 Å². The molecule has 94 valence electrons. The third-order valence-corrected chi connectivity index (χ3v) is 2.96. The predicted octanol–water partition coefficient (Wildman–Crippen LogP) is 4.54. The Balaban J connectivity index is 2.11. The van der Waals surface area contributed by atoms with Crippen molar-refractivity contribution in [2.24, 2.45) is 0 Å². The van der Waals surface area contributed by atoms with Gasteiger partial charge in [-0.25, -0.2) is 8.78 Å². The van der Waals surface area contributed by atoms with Crippen molar-refractivity contribution in [2.45, 2.75) is 13.5 Å². The second kappa shape index (κ2) is 5.36. The van der Waals surface area contributed by atoms with Crippen LogP contribution in [0.5, 0.6) is 0 Å². The quantitative estimate of drug-likeness (QED) is 0.861. The van der Waals surface area contributed by atoms with Gasteiger partial charge in [-0.05, 0) is 36.2 Å². The topological polar surface area (TPSA) is 12.0 Å². The summed E-state index contributed by atoms with van der Waals surface area (Å²) < 4.78 is 26.1. The normalized spacial score (nSPS) is 10.4. The van der Waals surface area contributed by atoms with E-state index in [2.05, 4.69) is 5.32 Å². The maximum absolute atomic E-state index is 13.4. The summed E-state index contributed by atoms with van der Waals surface area (Å²) in [5, 5.41) is 3.52. The first-order chi connectivity index (χ1) is 8.56. The Morgan fingerprint density at radius 2 is 1.89 bits per heavy atom. The summed E-state index contributed by atoms with van der Waals surface area (Å²) in [6.07, 6.45) is 0. The van der Waals surface area contributed by atoms with Crippen molar-refractivity contribution >= 4 is 17.3 Å². The average molecular weight is 268 g/mol. The van der Waals surface area contributed by atoms with Gasteiger partial charge < -0.3 is 5.32 Å². The van der Waals surface area contributed by atoms with Gasteiger partial charge in [0.15, 0.2) is 0 Å². The Morgan fingerprint density at radius 1 is 1.11 bits per heavy atom. The van der Waals surface area contributed by atoms with Crippen molar-refractivity contribution < 1.29 is 8.78 Å². The summed E-state index contributed by atoms with van der Waals surface area (Å²) in [6, 6.07) is 9.09. The van der Waals surface area contributed by atoms with E-state index in [-0.39, 0.29) is 5.69 Å². The van der Waals surface area contributed by atoms with Crippen LogP contribution in [0.1, 0.15) is 11.1 Å². The molecule has 0 unspecified atom stereocenters. The van der Waals surface area contributed by atoms with Gasteiger partial charge in [0.05, 0.1) is 5.69 Å². The highest BCUT2D eigenvalue weighted by atomic mass is 35.5. The van der Waals surface area contributed by atoms with Crippen molar-refractivity contribution in [3.63, 3.8) is 0 Å². The van der Waals surface area contributed by atoms with Gasteiger partial charge in [-0.3, -0.25) is 0 Å². The number of hydrogen-bond donors (Lipinski definition) is 1. The van der Waals surface area contributed by atoms with E-state index in [9.17, 15) is 8.78 Å². The number of rotatable bonds is 3. The number of aryl methyl sites for hydroxylation is 1. The van der Waals surface area contributed by atoms with E-state index < -0.39 is 11.6 Å². The van der Waals surface area contributed by atoms with Crippen LogP contribution in [-0.4, -0.2) is 0 Å². The Morgan fingerprint density at radius 3 is 2.56 bits per heavy atom. The molecule has 0 atom stereocenters. The minimum absolute atomic E-state index is 0.257. The summed E-state index contributed by atoms with van der Waals surface area (Å²) in [5.41, 5.74) is 2.19. The van der Waals surface area contributed by atoms with Crippen LogP contribution in [0.3, 0.4) is 0 Å². The van der Waals surface area contributed by atoms with Gasteiger partial charge in [-0.2, -0.15) is 0 Å². The summed E-state index contributed by atoms with van der Waals surface area (Å²) in [6.45, 7) is 2.34. The van der Waals surface area contributed by atoms with Gasteiger partial charge >= 0.3 is 0 Å². The molecule has 0 aliphatic rings. The van der Waals surface area contributed by atoms with E-state index >= 15 is 0 Å². The van der Waals surface area contributed by atoms with Gasteiger partial charge in [-0.15, -0.1) is 0 Å². The fourth-order valence-corrected chi connectivity index (χ4v) is 1.92. The number of hydrogen-bond acceptors (Lipinski definition) is 1. The van der Waals surface area contributed by atoms with Crippen LogP contribution in [0.25, 0.3) is 0 Å². The third kappa shape index (κ3) is 2.99. The molecule has 0 spiro atoms. The second-order valence-corrected chi connectivity index (χ2v) is 4.48. The predicted molar refractivity (Wildman–Crippen MR) is 69.9 cm³/mol. The molecule has 1 N–H and O–H groups in total. The minimum Gasteiger partial charge on any atom is -0.379 e. The number of anilines is 1. The molecule has 0 radical (unpaired) electrons. The van der Waals surface area contributed by atoms with Gasteiger partial charge in [0, 0.05) is 17.6 Å². The summed E-state index contributed by atoms with van der Waals surface area (Å²) in [7, 11) is 0. The van der Waals surface area contributed by atoms with E-state index in [0.29, 0.717) is 11.6 Å². The molecule has 0 fully saturated rings. The molecule has 0 saturated carbocycles. The average Bonchev–Trinajstić information content (AvgIpc) is 2.30. The van der Waals surface area contributed by atoms with Crippen molar-refractivity contribution in [1.29, 1.82) is 0 Å². The van der Waals surface area contributed by atoms with Crippen LogP contribution < -0.4 is 5.32 Å². The molecule has 0 saturated heterocycles. The highest BCUT2D eigenvalue weighted by Crippen LogP contribution is 2.20. The van der Waals surface area contributed by atoms with E-state index in [0.717, 1.165) is 17.2 Å². The van der Waals surface area contributed by atoms with Gasteiger partial charge in [-0.1, -0.05) is 23.7 Å². The molecular weight excluding hydrogens is 256 g/mol. The molecule has 0 aromatic heterocycles. The molecule has 0 amide bonds. The fraction of sp³-hybridized carbons (Fsp3) is 0.143. The lowest BCUT2D eigenvalue weighted by Gasteiger charge is -2.09. The maximum atomic E-state index is 13.4. The lowest BCUT2D eigenvalue weighted by atomic mass is 10.1. The van der Waals surface area contributed by atoms with Crippen LogP contribution in [0.2, 0.25) is 5.02 Å². The van der Waals surface area contributed by atoms with E-state index in [4.69, 9.17) is 11.6 Å². The number of benzene rings is 2. The molecule has 18 heavy (non-hydrogen) atoms. The second-order valence-electron chi connectivity index (χ2n) is 4.07. The maximum Gasteiger partial charge on any atom is 0.149 e. The highest BCUT2D eigenvalue weighted by Gasteiger charge is 2.05. The molecule has 0 aliphatic carbocycles. The molecule has 0 heterocycles.